The number of likely N-dealkylation sites (N-methyl/N-ethyl adjacent to an activating group) is 2. The minimum atomic E-state index is 0.420. The molecule has 0 radical (unpaired) electrons. The molecule has 82 valence electrons. The molecule has 3 heteroatoms. The van der Waals surface area contributed by atoms with E-state index in [0.29, 0.717) is 12.6 Å². The van der Waals surface area contributed by atoms with Gasteiger partial charge in [-0.05, 0) is 18.6 Å². The lowest BCUT2D eigenvalue weighted by Crippen LogP contribution is -2.50. The van der Waals surface area contributed by atoms with Crippen LogP contribution in [0.5, 0.6) is 0 Å². The summed E-state index contributed by atoms with van der Waals surface area (Å²) in [7, 11) is 4.27. The highest BCUT2D eigenvalue weighted by Crippen LogP contribution is 2.35. The minimum absolute atomic E-state index is 0.420. The summed E-state index contributed by atoms with van der Waals surface area (Å²) in [5.41, 5.74) is 9.74. The number of hydrogen-bond donors (Lipinski definition) is 1. The van der Waals surface area contributed by atoms with Gasteiger partial charge in [-0.3, -0.25) is 0 Å². The molecule has 0 aliphatic carbocycles. The molecule has 1 aliphatic heterocycles. The summed E-state index contributed by atoms with van der Waals surface area (Å²) in [4.78, 5) is 4.60. The Labute approximate surface area is 91.5 Å². The highest BCUT2D eigenvalue weighted by atomic mass is 15.3. The molecule has 1 aromatic carbocycles. The van der Waals surface area contributed by atoms with Gasteiger partial charge in [-0.25, -0.2) is 0 Å². The molecule has 1 heterocycles. The molecule has 0 spiro atoms. The Morgan fingerprint density at radius 2 is 2.13 bits per heavy atom. The van der Waals surface area contributed by atoms with Gasteiger partial charge >= 0.3 is 0 Å². The zero-order chi connectivity index (χ0) is 11.0. The maximum Gasteiger partial charge on any atom is 0.0634 e. The monoisotopic (exact) mass is 205 g/mol. The normalized spacial score (nSPS) is 20.4. The second-order valence-corrected chi connectivity index (χ2v) is 4.32. The fourth-order valence-corrected chi connectivity index (χ4v) is 2.36. The molecule has 0 aromatic heterocycles. The van der Waals surface area contributed by atoms with Crippen LogP contribution in [0.25, 0.3) is 0 Å². The van der Waals surface area contributed by atoms with Crippen LogP contribution in [-0.4, -0.2) is 33.2 Å². The van der Waals surface area contributed by atoms with Crippen molar-refractivity contribution in [2.75, 3.05) is 37.0 Å². The smallest absolute Gasteiger partial charge is 0.0634 e. The van der Waals surface area contributed by atoms with Gasteiger partial charge in [-0.15, -0.1) is 0 Å². The van der Waals surface area contributed by atoms with Gasteiger partial charge in [0.2, 0.25) is 0 Å². The van der Waals surface area contributed by atoms with Crippen molar-refractivity contribution in [3.63, 3.8) is 0 Å². The van der Waals surface area contributed by atoms with E-state index in [0.717, 1.165) is 6.54 Å². The van der Waals surface area contributed by atoms with E-state index in [9.17, 15) is 0 Å². The van der Waals surface area contributed by atoms with Crippen molar-refractivity contribution in [2.24, 2.45) is 5.73 Å². The van der Waals surface area contributed by atoms with Gasteiger partial charge < -0.3 is 15.5 Å². The maximum atomic E-state index is 5.79. The van der Waals surface area contributed by atoms with Crippen molar-refractivity contribution in [1.29, 1.82) is 0 Å². The Bertz CT molecular complexity index is 362. The van der Waals surface area contributed by atoms with Gasteiger partial charge in [0.05, 0.1) is 17.4 Å². The van der Waals surface area contributed by atoms with Crippen molar-refractivity contribution in [2.45, 2.75) is 13.0 Å². The molecule has 15 heavy (non-hydrogen) atoms. The average Bonchev–Trinajstić information content (AvgIpc) is 2.23. The van der Waals surface area contributed by atoms with E-state index in [-0.39, 0.29) is 0 Å². The first-order chi connectivity index (χ1) is 7.15. The Balaban J connectivity index is 2.50. The minimum Gasteiger partial charge on any atom is -0.371 e. The highest BCUT2D eigenvalue weighted by molar-refractivity contribution is 5.76. The highest BCUT2D eigenvalue weighted by Gasteiger charge is 2.26. The summed E-state index contributed by atoms with van der Waals surface area (Å²) < 4.78 is 0. The van der Waals surface area contributed by atoms with Crippen LogP contribution in [0.4, 0.5) is 11.4 Å². The maximum absolute atomic E-state index is 5.79. The molecule has 2 N–H and O–H groups in total. The second kappa shape index (κ2) is 3.74. The van der Waals surface area contributed by atoms with E-state index >= 15 is 0 Å². The van der Waals surface area contributed by atoms with Crippen LogP contribution in [0.1, 0.15) is 5.56 Å². The van der Waals surface area contributed by atoms with Crippen LogP contribution in [0.2, 0.25) is 0 Å². The van der Waals surface area contributed by atoms with E-state index < -0.39 is 0 Å². The third-order valence-electron chi connectivity index (χ3n) is 3.28. The molecule has 1 unspecified atom stereocenters. The van der Waals surface area contributed by atoms with Crippen LogP contribution in [0.15, 0.2) is 18.2 Å². The van der Waals surface area contributed by atoms with Gasteiger partial charge in [0.25, 0.3) is 0 Å². The summed E-state index contributed by atoms with van der Waals surface area (Å²) in [6, 6.07) is 6.86. The molecule has 0 saturated carbocycles. The number of para-hydroxylation sites is 1. The number of aryl methyl sites for hydroxylation is 1. The Kier molecular flexibility index (Phi) is 2.57. The van der Waals surface area contributed by atoms with Crippen LogP contribution < -0.4 is 15.5 Å². The summed E-state index contributed by atoms with van der Waals surface area (Å²) in [6.45, 7) is 3.86. The summed E-state index contributed by atoms with van der Waals surface area (Å²) in [6.07, 6.45) is 0. The van der Waals surface area contributed by atoms with Gasteiger partial charge in [0, 0.05) is 27.2 Å². The lowest BCUT2D eigenvalue weighted by Gasteiger charge is -2.41. The summed E-state index contributed by atoms with van der Waals surface area (Å²) >= 11 is 0. The van der Waals surface area contributed by atoms with Crippen LogP contribution >= 0.6 is 0 Å². The first kappa shape index (κ1) is 10.3. The van der Waals surface area contributed by atoms with Gasteiger partial charge in [0.1, 0.15) is 0 Å². The number of hydrogen-bond acceptors (Lipinski definition) is 3. The quantitative estimate of drug-likeness (QED) is 0.748. The predicted molar refractivity (Wildman–Crippen MR) is 65.7 cm³/mol. The molecular formula is C12H19N3. The Morgan fingerprint density at radius 3 is 2.80 bits per heavy atom. The Hall–Kier alpha value is -1.22. The largest absolute Gasteiger partial charge is 0.371 e. The van der Waals surface area contributed by atoms with Gasteiger partial charge in [-0.2, -0.15) is 0 Å². The van der Waals surface area contributed by atoms with E-state index in [1.54, 1.807) is 0 Å². The van der Waals surface area contributed by atoms with Crippen LogP contribution in [0.3, 0.4) is 0 Å². The fourth-order valence-electron chi connectivity index (χ4n) is 2.36. The summed E-state index contributed by atoms with van der Waals surface area (Å²) in [5, 5.41) is 0. The zero-order valence-electron chi connectivity index (χ0n) is 9.70. The first-order valence-electron chi connectivity index (χ1n) is 5.38. The third kappa shape index (κ3) is 1.57. The number of nitrogens with two attached hydrogens (primary N) is 1. The van der Waals surface area contributed by atoms with Crippen LogP contribution in [-0.2, 0) is 0 Å². The first-order valence-corrected chi connectivity index (χ1v) is 5.38. The number of fused-ring (bicyclic) bond motifs is 1. The predicted octanol–water partition coefficient (Wildman–Crippen LogP) is 1.21. The molecule has 0 bridgehead atoms. The average molecular weight is 205 g/mol. The van der Waals surface area contributed by atoms with E-state index in [2.05, 4.69) is 49.0 Å². The third-order valence-corrected chi connectivity index (χ3v) is 3.28. The van der Waals surface area contributed by atoms with Crippen molar-refractivity contribution in [3.05, 3.63) is 23.8 Å². The van der Waals surface area contributed by atoms with Gasteiger partial charge in [0.15, 0.2) is 0 Å². The molecule has 3 nitrogen and oxygen atoms in total. The number of nitrogens with zero attached hydrogens (tertiary/aromatic N) is 2. The number of rotatable bonds is 1. The van der Waals surface area contributed by atoms with E-state index in [1.165, 1.54) is 16.9 Å². The standard InChI is InChI=1S/C12H19N3/c1-9-5-4-6-11-12(9)15(3)10(7-13)8-14(11)2/h4-6,10H,7-8,13H2,1-3H3. The Morgan fingerprint density at radius 1 is 1.40 bits per heavy atom. The lowest BCUT2D eigenvalue weighted by atomic mass is 10.0. The van der Waals surface area contributed by atoms with Crippen molar-refractivity contribution in [1.82, 2.24) is 0 Å². The lowest BCUT2D eigenvalue weighted by molar-refractivity contribution is 0.608. The van der Waals surface area contributed by atoms with Crippen molar-refractivity contribution < 1.29 is 0 Å². The van der Waals surface area contributed by atoms with E-state index in [1.807, 2.05) is 0 Å². The van der Waals surface area contributed by atoms with Crippen LogP contribution in [0, 0.1) is 6.92 Å². The number of benzene rings is 1. The molecule has 0 fully saturated rings. The van der Waals surface area contributed by atoms with Crippen molar-refractivity contribution in [3.8, 4) is 0 Å². The van der Waals surface area contributed by atoms with Gasteiger partial charge in [-0.1, -0.05) is 12.1 Å². The zero-order valence-corrected chi connectivity index (χ0v) is 9.70. The molecule has 1 atom stereocenters. The molecule has 0 saturated heterocycles. The molecule has 0 amide bonds. The second-order valence-electron chi connectivity index (χ2n) is 4.32. The molecule has 1 aliphatic rings. The van der Waals surface area contributed by atoms with Crippen molar-refractivity contribution >= 4 is 11.4 Å². The SMILES string of the molecule is Cc1cccc2c1N(C)C(CN)CN2C. The topological polar surface area (TPSA) is 32.5 Å². The molecule has 1 aromatic rings. The summed E-state index contributed by atoms with van der Waals surface area (Å²) in [5.74, 6) is 0. The fraction of sp³-hybridized carbons (Fsp3) is 0.500. The number of anilines is 2. The molecule has 2 rings (SSSR count). The molecular weight excluding hydrogens is 186 g/mol. The van der Waals surface area contributed by atoms with E-state index in [4.69, 9.17) is 5.73 Å².